The van der Waals surface area contributed by atoms with Crippen molar-refractivity contribution in [1.29, 1.82) is 0 Å². The zero-order valence-corrected chi connectivity index (χ0v) is 16.3. The first-order valence-corrected chi connectivity index (χ1v) is 9.17. The molecule has 3 rings (SSSR count). The minimum Gasteiger partial charge on any atom is -0.496 e. The van der Waals surface area contributed by atoms with Crippen molar-refractivity contribution < 1.29 is 9.53 Å². The molecule has 1 amide bonds. The summed E-state index contributed by atoms with van der Waals surface area (Å²) in [5, 5.41) is 6.09. The summed E-state index contributed by atoms with van der Waals surface area (Å²) in [6, 6.07) is 17.2. The van der Waals surface area contributed by atoms with Gasteiger partial charge in [-0.25, -0.2) is 9.97 Å². The number of methoxy groups -OCH3 is 1. The van der Waals surface area contributed by atoms with Gasteiger partial charge in [0.25, 0.3) is 5.91 Å². The van der Waals surface area contributed by atoms with Crippen molar-refractivity contribution in [2.75, 3.05) is 12.4 Å². The second-order valence-corrected chi connectivity index (χ2v) is 6.63. The fourth-order valence-electron chi connectivity index (χ4n) is 2.90. The van der Waals surface area contributed by atoms with Crippen molar-refractivity contribution in [2.45, 2.75) is 26.3 Å². The molecule has 6 heteroatoms. The minimum atomic E-state index is -0.270. The number of amides is 1. The molecule has 2 aromatic carbocycles. The van der Waals surface area contributed by atoms with Crippen molar-refractivity contribution >= 4 is 17.5 Å². The van der Waals surface area contributed by atoms with Crippen LogP contribution in [0.3, 0.4) is 0 Å². The van der Waals surface area contributed by atoms with Crippen LogP contribution >= 0.6 is 0 Å². The van der Waals surface area contributed by atoms with Gasteiger partial charge in [-0.1, -0.05) is 50.2 Å². The first-order chi connectivity index (χ1) is 13.6. The zero-order chi connectivity index (χ0) is 19.9. The van der Waals surface area contributed by atoms with Gasteiger partial charge < -0.3 is 15.4 Å². The van der Waals surface area contributed by atoms with Crippen LogP contribution in [-0.2, 0) is 6.54 Å². The summed E-state index contributed by atoms with van der Waals surface area (Å²) < 4.78 is 5.31. The highest BCUT2D eigenvalue weighted by atomic mass is 16.5. The van der Waals surface area contributed by atoms with Crippen LogP contribution in [0.5, 0.6) is 5.75 Å². The lowest BCUT2D eigenvalue weighted by molar-refractivity contribution is 0.0945. The van der Waals surface area contributed by atoms with E-state index in [1.54, 1.807) is 19.4 Å². The monoisotopic (exact) mass is 376 g/mol. The lowest BCUT2D eigenvalue weighted by Crippen LogP contribution is -2.24. The molecule has 3 aromatic rings. The van der Waals surface area contributed by atoms with Crippen LogP contribution in [0, 0.1) is 0 Å². The molecule has 0 saturated heterocycles. The molecule has 0 spiro atoms. The third-order valence-corrected chi connectivity index (χ3v) is 4.35. The topological polar surface area (TPSA) is 76.1 Å². The van der Waals surface area contributed by atoms with Crippen molar-refractivity contribution in [3.05, 3.63) is 77.6 Å². The number of hydrogen-bond donors (Lipinski definition) is 2. The van der Waals surface area contributed by atoms with E-state index in [1.807, 2.05) is 42.5 Å². The summed E-state index contributed by atoms with van der Waals surface area (Å²) in [6.07, 6.45) is 1.57. The van der Waals surface area contributed by atoms with Gasteiger partial charge in [-0.05, 0) is 29.7 Å². The lowest BCUT2D eigenvalue weighted by atomic mass is 10.0. The summed E-state index contributed by atoms with van der Waals surface area (Å²) in [5.41, 5.74) is 3.30. The molecule has 0 radical (unpaired) electrons. The summed E-state index contributed by atoms with van der Waals surface area (Å²) in [4.78, 5) is 21.1. The molecule has 6 nitrogen and oxygen atoms in total. The number of hydrogen-bond acceptors (Lipinski definition) is 5. The Morgan fingerprint density at radius 1 is 1.07 bits per heavy atom. The number of para-hydroxylation sites is 2. The van der Waals surface area contributed by atoms with E-state index in [9.17, 15) is 4.79 Å². The van der Waals surface area contributed by atoms with Crippen LogP contribution in [0.4, 0.5) is 11.6 Å². The molecule has 0 atom stereocenters. The minimum absolute atomic E-state index is 0.270. The van der Waals surface area contributed by atoms with Gasteiger partial charge in [0.15, 0.2) is 0 Å². The number of benzene rings is 2. The summed E-state index contributed by atoms with van der Waals surface area (Å²) >= 11 is 0. The van der Waals surface area contributed by atoms with Gasteiger partial charge in [-0.2, -0.15) is 0 Å². The van der Waals surface area contributed by atoms with Crippen molar-refractivity contribution in [2.24, 2.45) is 0 Å². The first-order valence-electron chi connectivity index (χ1n) is 9.17. The number of ether oxygens (including phenoxy) is 1. The molecular formula is C22H24N4O2. The van der Waals surface area contributed by atoms with E-state index < -0.39 is 0 Å². The smallest absolute Gasteiger partial charge is 0.270 e. The third-order valence-electron chi connectivity index (χ3n) is 4.35. The second kappa shape index (κ2) is 8.99. The molecule has 0 fully saturated rings. The Morgan fingerprint density at radius 2 is 1.82 bits per heavy atom. The van der Waals surface area contributed by atoms with Crippen molar-refractivity contribution in [3.8, 4) is 5.75 Å². The Balaban J connectivity index is 1.72. The molecule has 144 valence electrons. The molecule has 1 aromatic heterocycles. The highest BCUT2D eigenvalue weighted by Gasteiger charge is 2.12. The number of aromatic nitrogens is 2. The maximum Gasteiger partial charge on any atom is 0.270 e. The van der Waals surface area contributed by atoms with Crippen LogP contribution in [0.1, 0.15) is 41.4 Å². The Morgan fingerprint density at radius 3 is 2.61 bits per heavy atom. The predicted octanol–water partition coefficient (Wildman–Crippen LogP) is 4.28. The van der Waals surface area contributed by atoms with Crippen LogP contribution < -0.4 is 15.4 Å². The van der Waals surface area contributed by atoms with E-state index in [1.165, 1.54) is 0 Å². The molecule has 0 aliphatic rings. The highest BCUT2D eigenvalue weighted by molar-refractivity contribution is 5.92. The molecule has 0 saturated carbocycles. The Kier molecular flexibility index (Phi) is 6.22. The number of carbonyl (C=O) groups is 1. The average molecular weight is 376 g/mol. The van der Waals surface area contributed by atoms with E-state index in [2.05, 4.69) is 40.5 Å². The van der Waals surface area contributed by atoms with Gasteiger partial charge in [0.1, 0.15) is 11.4 Å². The number of rotatable bonds is 7. The van der Waals surface area contributed by atoms with E-state index >= 15 is 0 Å². The lowest BCUT2D eigenvalue weighted by Gasteiger charge is -2.14. The maximum atomic E-state index is 12.5. The molecule has 2 N–H and O–H groups in total. The predicted molar refractivity (Wildman–Crippen MR) is 110 cm³/mol. The molecule has 28 heavy (non-hydrogen) atoms. The molecule has 0 unspecified atom stereocenters. The van der Waals surface area contributed by atoms with Crippen LogP contribution in [-0.4, -0.2) is 23.0 Å². The zero-order valence-electron chi connectivity index (χ0n) is 16.3. The number of nitrogens with one attached hydrogen (secondary N) is 2. The number of anilines is 2. The van der Waals surface area contributed by atoms with E-state index in [4.69, 9.17) is 4.74 Å². The van der Waals surface area contributed by atoms with Crippen LogP contribution in [0.2, 0.25) is 0 Å². The normalized spacial score (nSPS) is 10.6. The third kappa shape index (κ3) is 4.65. The van der Waals surface area contributed by atoms with Crippen LogP contribution in [0.25, 0.3) is 0 Å². The van der Waals surface area contributed by atoms with Gasteiger partial charge >= 0.3 is 0 Å². The van der Waals surface area contributed by atoms with E-state index in [0.717, 1.165) is 22.6 Å². The molecule has 0 aliphatic carbocycles. The Labute approximate surface area is 165 Å². The average Bonchev–Trinajstić information content (AvgIpc) is 2.72. The number of carbonyl (C=O) groups excluding carboxylic acids is 1. The second-order valence-electron chi connectivity index (χ2n) is 6.63. The fraction of sp³-hybridized carbons (Fsp3) is 0.227. The van der Waals surface area contributed by atoms with Gasteiger partial charge in [0.2, 0.25) is 5.95 Å². The van der Waals surface area contributed by atoms with Crippen molar-refractivity contribution in [3.63, 3.8) is 0 Å². The first kappa shape index (κ1) is 19.4. The van der Waals surface area contributed by atoms with E-state index in [-0.39, 0.29) is 5.91 Å². The van der Waals surface area contributed by atoms with Crippen LogP contribution in [0.15, 0.2) is 60.8 Å². The van der Waals surface area contributed by atoms with Gasteiger partial charge in [-0.3, -0.25) is 4.79 Å². The highest BCUT2D eigenvalue weighted by Crippen LogP contribution is 2.25. The van der Waals surface area contributed by atoms with Gasteiger partial charge in [-0.15, -0.1) is 0 Å². The van der Waals surface area contributed by atoms with Crippen molar-refractivity contribution in [1.82, 2.24) is 15.3 Å². The largest absolute Gasteiger partial charge is 0.496 e. The summed E-state index contributed by atoms with van der Waals surface area (Å²) in [5.74, 6) is 1.21. The molecule has 1 heterocycles. The fourth-order valence-corrected chi connectivity index (χ4v) is 2.90. The standard InChI is InChI=1S/C22H24N4O2/c1-15(2)17-9-5-6-10-18(17)25-22-23-13-12-19(26-22)21(27)24-14-16-8-4-7-11-20(16)28-3/h4-13,15H,14H2,1-3H3,(H,24,27)(H,23,25,26). The molecular weight excluding hydrogens is 352 g/mol. The Bertz CT molecular complexity index is 957. The number of nitrogens with zero attached hydrogens (tertiary/aromatic N) is 2. The Hall–Kier alpha value is -3.41. The van der Waals surface area contributed by atoms with Gasteiger partial charge in [0, 0.05) is 24.0 Å². The quantitative estimate of drug-likeness (QED) is 0.644. The SMILES string of the molecule is COc1ccccc1CNC(=O)c1ccnc(Nc2ccccc2C(C)C)n1. The molecule has 0 aliphatic heterocycles. The summed E-state index contributed by atoms with van der Waals surface area (Å²) in [6.45, 7) is 4.61. The maximum absolute atomic E-state index is 12.5. The molecule has 0 bridgehead atoms. The van der Waals surface area contributed by atoms with Gasteiger partial charge in [0.05, 0.1) is 7.11 Å². The van der Waals surface area contributed by atoms with E-state index in [0.29, 0.717) is 24.1 Å². The summed E-state index contributed by atoms with van der Waals surface area (Å²) in [7, 11) is 1.61.